The minimum atomic E-state index is 0.0790. The van der Waals surface area contributed by atoms with Gasteiger partial charge in [0.25, 0.3) is 0 Å². The summed E-state index contributed by atoms with van der Waals surface area (Å²) in [7, 11) is 2.06. The van der Waals surface area contributed by atoms with Crippen LogP contribution in [0.1, 0.15) is 45.4 Å². The second-order valence-electron chi connectivity index (χ2n) is 6.15. The Kier molecular flexibility index (Phi) is 5.15. The molecule has 0 bridgehead atoms. The molecule has 0 unspecified atom stereocenters. The van der Waals surface area contributed by atoms with E-state index < -0.39 is 0 Å². The summed E-state index contributed by atoms with van der Waals surface area (Å²) in [6.45, 7) is 9.81. The fourth-order valence-corrected chi connectivity index (χ4v) is 2.10. The van der Waals surface area contributed by atoms with Gasteiger partial charge < -0.3 is 10.0 Å². The molecule has 3 heteroatoms. The van der Waals surface area contributed by atoms with Gasteiger partial charge in [-0.05, 0) is 29.5 Å². The Morgan fingerprint density at radius 3 is 2.44 bits per heavy atom. The Hall–Kier alpha value is -1.09. The first-order chi connectivity index (χ1) is 8.35. The molecule has 1 aromatic heterocycles. The minimum Gasteiger partial charge on any atom is -0.392 e. The maximum absolute atomic E-state index is 9.32. The molecule has 3 nitrogen and oxygen atoms in total. The molecule has 102 valence electrons. The van der Waals surface area contributed by atoms with Crippen LogP contribution >= 0.6 is 0 Å². The van der Waals surface area contributed by atoms with E-state index in [1.807, 2.05) is 12.1 Å². The van der Waals surface area contributed by atoms with Crippen molar-refractivity contribution in [3.8, 4) is 0 Å². The third kappa shape index (κ3) is 4.65. The molecule has 0 aliphatic rings. The highest BCUT2D eigenvalue weighted by molar-refractivity contribution is 5.42. The van der Waals surface area contributed by atoms with E-state index in [0.717, 1.165) is 36.5 Å². The Balaban J connectivity index is 2.96. The number of hydrogen-bond acceptors (Lipinski definition) is 3. The molecular weight excluding hydrogens is 224 g/mol. The summed E-state index contributed by atoms with van der Waals surface area (Å²) >= 11 is 0. The fourth-order valence-electron chi connectivity index (χ4n) is 2.10. The summed E-state index contributed by atoms with van der Waals surface area (Å²) in [5, 5.41) is 9.32. The summed E-state index contributed by atoms with van der Waals surface area (Å²) in [6.07, 6.45) is 2.04. The number of aliphatic hydroxyl groups is 1. The molecule has 0 spiro atoms. The monoisotopic (exact) mass is 250 g/mol. The van der Waals surface area contributed by atoms with Gasteiger partial charge in [0.1, 0.15) is 5.82 Å². The topological polar surface area (TPSA) is 36.4 Å². The zero-order valence-electron chi connectivity index (χ0n) is 12.3. The van der Waals surface area contributed by atoms with Gasteiger partial charge in [0.15, 0.2) is 0 Å². The van der Waals surface area contributed by atoms with Crippen molar-refractivity contribution in [3.63, 3.8) is 0 Å². The first-order valence-corrected chi connectivity index (χ1v) is 6.67. The van der Waals surface area contributed by atoms with Gasteiger partial charge in [-0.2, -0.15) is 0 Å². The predicted molar refractivity (Wildman–Crippen MR) is 76.9 cm³/mol. The van der Waals surface area contributed by atoms with Crippen LogP contribution in [0.2, 0.25) is 0 Å². The Labute approximate surface area is 111 Å². The maximum atomic E-state index is 9.32. The zero-order valence-corrected chi connectivity index (χ0v) is 12.3. The van der Waals surface area contributed by atoms with Crippen molar-refractivity contribution in [3.05, 3.63) is 23.4 Å². The number of aromatic nitrogens is 1. The van der Waals surface area contributed by atoms with Crippen LogP contribution < -0.4 is 4.90 Å². The van der Waals surface area contributed by atoms with Crippen molar-refractivity contribution < 1.29 is 5.11 Å². The predicted octanol–water partition coefficient (Wildman–Crippen LogP) is 3.01. The number of aryl methyl sites for hydroxylation is 1. The molecule has 1 heterocycles. The van der Waals surface area contributed by atoms with E-state index in [1.54, 1.807) is 0 Å². The summed E-state index contributed by atoms with van der Waals surface area (Å²) in [6, 6.07) is 3.98. The summed E-state index contributed by atoms with van der Waals surface area (Å²) in [5.74, 6) is 0.958. The van der Waals surface area contributed by atoms with E-state index in [4.69, 9.17) is 0 Å². The van der Waals surface area contributed by atoms with Crippen molar-refractivity contribution in [2.24, 2.45) is 5.41 Å². The van der Waals surface area contributed by atoms with Crippen molar-refractivity contribution in [2.75, 3.05) is 18.5 Å². The normalized spacial score (nSPS) is 11.7. The molecule has 0 aliphatic carbocycles. The fraction of sp³-hybridized carbons (Fsp3) is 0.667. The number of pyridine rings is 1. The number of anilines is 1. The lowest BCUT2D eigenvalue weighted by atomic mass is 9.96. The van der Waals surface area contributed by atoms with Gasteiger partial charge in [0.2, 0.25) is 0 Å². The molecule has 1 aromatic rings. The van der Waals surface area contributed by atoms with Crippen LogP contribution in [-0.2, 0) is 13.0 Å². The second-order valence-corrected chi connectivity index (χ2v) is 6.15. The SMILES string of the molecule is CCCc1cc(CO)cc(N(C)CC(C)(C)C)n1. The van der Waals surface area contributed by atoms with Crippen LogP contribution in [0.4, 0.5) is 5.82 Å². The van der Waals surface area contributed by atoms with Crippen LogP contribution in [0.5, 0.6) is 0 Å². The lowest BCUT2D eigenvalue weighted by Gasteiger charge is -2.28. The summed E-state index contributed by atoms with van der Waals surface area (Å²) in [4.78, 5) is 6.84. The molecule has 0 saturated carbocycles. The number of aliphatic hydroxyl groups excluding tert-OH is 1. The van der Waals surface area contributed by atoms with E-state index >= 15 is 0 Å². The third-order valence-corrected chi connectivity index (χ3v) is 2.72. The van der Waals surface area contributed by atoms with Gasteiger partial charge in [-0.3, -0.25) is 0 Å². The van der Waals surface area contributed by atoms with Crippen molar-refractivity contribution in [1.82, 2.24) is 4.98 Å². The number of nitrogens with zero attached hydrogens (tertiary/aromatic N) is 2. The largest absolute Gasteiger partial charge is 0.392 e. The molecule has 0 radical (unpaired) electrons. The summed E-state index contributed by atoms with van der Waals surface area (Å²) in [5.41, 5.74) is 2.25. The highest BCUT2D eigenvalue weighted by Crippen LogP contribution is 2.20. The quantitative estimate of drug-likeness (QED) is 0.872. The molecular formula is C15H26N2O. The zero-order chi connectivity index (χ0) is 13.8. The first-order valence-electron chi connectivity index (χ1n) is 6.67. The highest BCUT2D eigenvalue weighted by Gasteiger charge is 2.15. The van der Waals surface area contributed by atoms with Gasteiger partial charge in [-0.1, -0.05) is 34.1 Å². The minimum absolute atomic E-state index is 0.0790. The molecule has 0 fully saturated rings. The lowest BCUT2D eigenvalue weighted by molar-refractivity contribution is 0.281. The summed E-state index contributed by atoms with van der Waals surface area (Å²) < 4.78 is 0. The lowest BCUT2D eigenvalue weighted by Crippen LogP contribution is -2.30. The average Bonchev–Trinajstić information content (AvgIpc) is 2.26. The smallest absolute Gasteiger partial charge is 0.128 e. The molecule has 0 amide bonds. The van der Waals surface area contributed by atoms with Crippen LogP contribution in [0.25, 0.3) is 0 Å². The van der Waals surface area contributed by atoms with Crippen molar-refractivity contribution >= 4 is 5.82 Å². The van der Waals surface area contributed by atoms with Crippen LogP contribution in [0.15, 0.2) is 12.1 Å². The molecule has 0 aliphatic heterocycles. The van der Waals surface area contributed by atoms with Crippen LogP contribution in [0, 0.1) is 5.41 Å². The van der Waals surface area contributed by atoms with E-state index in [0.29, 0.717) is 0 Å². The van der Waals surface area contributed by atoms with Gasteiger partial charge in [0.05, 0.1) is 6.61 Å². The van der Waals surface area contributed by atoms with Crippen LogP contribution in [0.3, 0.4) is 0 Å². The number of rotatable bonds is 5. The van der Waals surface area contributed by atoms with E-state index in [1.165, 1.54) is 0 Å². The molecule has 1 N–H and O–H groups in total. The Bertz CT molecular complexity index is 383. The average molecular weight is 250 g/mol. The van der Waals surface area contributed by atoms with Gasteiger partial charge >= 0.3 is 0 Å². The molecule has 0 saturated heterocycles. The Morgan fingerprint density at radius 1 is 1.28 bits per heavy atom. The van der Waals surface area contributed by atoms with Gasteiger partial charge in [-0.25, -0.2) is 4.98 Å². The number of hydrogen-bond donors (Lipinski definition) is 1. The highest BCUT2D eigenvalue weighted by atomic mass is 16.3. The standard InChI is InChI=1S/C15H26N2O/c1-6-7-13-8-12(10-18)9-14(16-13)17(5)11-15(2,3)4/h8-9,18H,6-7,10-11H2,1-5H3. The Morgan fingerprint density at radius 2 is 1.94 bits per heavy atom. The van der Waals surface area contributed by atoms with E-state index in [9.17, 15) is 5.11 Å². The van der Waals surface area contributed by atoms with E-state index in [-0.39, 0.29) is 12.0 Å². The molecule has 0 atom stereocenters. The second kappa shape index (κ2) is 6.19. The van der Waals surface area contributed by atoms with E-state index in [2.05, 4.69) is 44.6 Å². The molecule has 0 aromatic carbocycles. The van der Waals surface area contributed by atoms with Crippen LogP contribution in [-0.4, -0.2) is 23.7 Å². The van der Waals surface area contributed by atoms with Gasteiger partial charge in [-0.15, -0.1) is 0 Å². The van der Waals surface area contributed by atoms with Crippen molar-refractivity contribution in [1.29, 1.82) is 0 Å². The molecule has 18 heavy (non-hydrogen) atoms. The third-order valence-electron chi connectivity index (χ3n) is 2.72. The molecule has 1 rings (SSSR count). The first kappa shape index (κ1) is 15.0. The maximum Gasteiger partial charge on any atom is 0.128 e. The van der Waals surface area contributed by atoms with Gasteiger partial charge in [0, 0.05) is 19.3 Å². The van der Waals surface area contributed by atoms with Crippen molar-refractivity contribution in [2.45, 2.75) is 47.1 Å².